The van der Waals surface area contributed by atoms with Gasteiger partial charge in [0.25, 0.3) is 0 Å². The van der Waals surface area contributed by atoms with E-state index >= 15 is 0 Å². The highest BCUT2D eigenvalue weighted by Gasteiger charge is 2.37. The van der Waals surface area contributed by atoms with Gasteiger partial charge in [0.2, 0.25) is 15.0 Å². The van der Waals surface area contributed by atoms with Crippen LogP contribution >= 0.6 is 10.7 Å². The molecule has 1 atom stereocenters. The average molecular weight is 341 g/mol. The van der Waals surface area contributed by atoms with Crippen molar-refractivity contribution in [3.05, 3.63) is 42.5 Å². The molecule has 1 fully saturated rings. The minimum Gasteiger partial charge on any atom is -0.311 e. The summed E-state index contributed by atoms with van der Waals surface area (Å²) in [5.41, 5.74) is 1.60. The van der Waals surface area contributed by atoms with E-state index in [4.69, 9.17) is 10.7 Å². The number of rotatable bonds is 4. The van der Waals surface area contributed by atoms with Crippen LogP contribution in [0, 0.1) is 0 Å². The molecule has 1 aliphatic rings. The van der Waals surface area contributed by atoms with Gasteiger partial charge in [0.1, 0.15) is 17.9 Å². The van der Waals surface area contributed by atoms with E-state index < -0.39 is 14.3 Å². The van der Waals surface area contributed by atoms with Crippen molar-refractivity contribution in [1.82, 2.24) is 14.8 Å². The molecule has 22 heavy (non-hydrogen) atoms. The van der Waals surface area contributed by atoms with Gasteiger partial charge < -0.3 is 4.90 Å². The number of aromatic nitrogens is 3. The highest BCUT2D eigenvalue weighted by atomic mass is 35.7. The summed E-state index contributed by atoms with van der Waals surface area (Å²) in [5, 5.41) is 3.17. The second-order valence-corrected chi connectivity index (χ2v) is 7.98. The molecule has 1 unspecified atom stereocenters. The predicted molar refractivity (Wildman–Crippen MR) is 81.1 cm³/mol. The van der Waals surface area contributed by atoms with E-state index in [1.807, 2.05) is 18.2 Å². The van der Waals surface area contributed by atoms with Gasteiger partial charge in [-0.1, -0.05) is 12.1 Å². The Morgan fingerprint density at radius 3 is 2.82 bits per heavy atom. The van der Waals surface area contributed by atoms with Gasteiger partial charge in [-0.05, 0) is 17.7 Å². The van der Waals surface area contributed by atoms with Crippen LogP contribution in [-0.2, 0) is 20.4 Å². The maximum atomic E-state index is 12.0. The molecule has 1 aliphatic heterocycles. The van der Waals surface area contributed by atoms with Crippen molar-refractivity contribution in [1.29, 1.82) is 0 Å². The van der Waals surface area contributed by atoms with Crippen molar-refractivity contribution in [2.45, 2.75) is 18.2 Å². The molecule has 0 radical (unpaired) electrons. The largest absolute Gasteiger partial charge is 0.311 e. The number of carbonyl (C=O) groups is 1. The van der Waals surface area contributed by atoms with Crippen LogP contribution < -0.4 is 4.90 Å². The van der Waals surface area contributed by atoms with E-state index in [0.717, 1.165) is 5.56 Å². The summed E-state index contributed by atoms with van der Waals surface area (Å²) in [6.45, 7) is 0.602. The van der Waals surface area contributed by atoms with Gasteiger partial charge in [-0.2, -0.15) is 5.10 Å². The molecule has 0 spiro atoms. The normalized spacial score (nSPS) is 18.9. The van der Waals surface area contributed by atoms with E-state index in [0.29, 0.717) is 12.2 Å². The molecule has 3 rings (SSSR count). The topological polar surface area (TPSA) is 85.2 Å². The van der Waals surface area contributed by atoms with Gasteiger partial charge in [0.15, 0.2) is 0 Å². The first-order valence-electron chi connectivity index (χ1n) is 6.58. The van der Waals surface area contributed by atoms with Gasteiger partial charge in [0.05, 0.1) is 6.54 Å². The second kappa shape index (κ2) is 5.69. The Bertz CT molecular complexity index is 791. The Labute approximate surface area is 131 Å². The second-order valence-electron chi connectivity index (χ2n) is 5.07. The summed E-state index contributed by atoms with van der Waals surface area (Å²) >= 11 is 0. The SMILES string of the molecule is O=C1CC(S(=O)(=O)Cl)CN1c1cccc(Cn2cncn2)c1. The molecule has 1 saturated heterocycles. The number of carbonyl (C=O) groups excluding carboxylic acids is 1. The Kier molecular flexibility index (Phi) is 3.88. The number of nitrogens with zero attached hydrogens (tertiary/aromatic N) is 4. The number of hydrogen-bond donors (Lipinski definition) is 0. The third-order valence-corrected chi connectivity index (χ3v) is 5.39. The zero-order chi connectivity index (χ0) is 15.7. The summed E-state index contributed by atoms with van der Waals surface area (Å²) < 4.78 is 24.5. The lowest BCUT2D eigenvalue weighted by atomic mass is 10.2. The van der Waals surface area contributed by atoms with E-state index in [2.05, 4.69) is 10.1 Å². The van der Waals surface area contributed by atoms with Crippen molar-refractivity contribution in [2.75, 3.05) is 11.4 Å². The van der Waals surface area contributed by atoms with Gasteiger partial charge in [0, 0.05) is 29.3 Å². The van der Waals surface area contributed by atoms with Crippen LogP contribution in [0.1, 0.15) is 12.0 Å². The summed E-state index contributed by atoms with van der Waals surface area (Å²) in [6.07, 6.45) is 2.96. The van der Waals surface area contributed by atoms with Gasteiger partial charge in [-0.15, -0.1) is 0 Å². The van der Waals surface area contributed by atoms with Crippen molar-refractivity contribution in [3.8, 4) is 0 Å². The van der Waals surface area contributed by atoms with Crippen LogP contribution in [0.15, 0.2) is 36.9 Å². The quantitative estimate of drug-likeness (QED) is 0.775. The van der Waals surface area contributed by atoms with E-state index in [1.54, 1.807) is 17.1 Å². The highest BCUT2D eigenvalue weighted by molar-refractivity contribution is 8.14. The monoisotopic (exact) mass is 340 g/mol. The van der Waals surface area contributed by atoms with Crippen LogP contribution in [0.25, 0.3) is 0 Å². The van der Waals surface area contributed by atoms with Crippen LogP contribution in [0.4, 0.5) is 5.69 Å². The summed E-state index contributed by atoms with van der Waals surface area (Å²) in [5.74, 6) is -0.243. The molecule has 1 aromatic carbocycles. The lowest BCUT2D eigenvalue weighted by Crippen LogP contribution is -2.26. The predicted octanol–water partition coefficient (Wildman–Crippen LogP) is 1.00. The number of benzene rings is 1. The van der Waals surface area contributed by atoms with Crippen molar-refractivity contribution in [2.24, 2.45) is 0 Å². The van der Waals surface area contributed by atoms with Gasteiger partial charge >= 0.3 is 0 Å². The van der Waals surface area contributed by atoms with E-state index in [9.17, 15) is 13.2 Å². The lowest BCUT2D eigenvalue weighted by Gasteiger charge is -2.17. The molecule has 116 valence electrons. The van der Waals surface area contributed by atoms with Crippen LogP contribution in [0.5, 0.6) is 0 Å². The zero-order valence-electron chi connectivity index (χ0n) is 11.5. The molecule has 0 bridgehead atoms. The van der Waals surface area contributed by atoms with Crippen molar-refractivity contribution < 1.29 is 13.2 Å². The van der Waals surface area contributed by atoms with Gasteiger partial charge in [-0.3, -0.25) is 4.79 Å². The van der Waals surface area contributed by atoms with E-state index in [-0.39, 0.29) is 18.9 Å². The fourth-order valence-corrected chi connectivity index (χ4v) is 3.46. The molecule has 0 N–H and O–H groups in total. The first-order chi connectivity index (χ1) is 10.4. The zero-order valence-corrected chi connectivity index (χ0v) is 13.0. The Balaban J connectivity index is 1.82. The van der Waals surface area contributed by atoms with Crippen LogP contribution in [0.3, 0.4) is 0 Å². The Morgan fingerprint density at radius 1 is 1.36 bits per heavy atom. The fraction of sp³-hybridized carbons (Fsp3) is 0.308. The van der Waals surface area contributed by atoms with Crippen molar-refractivity contribution >= 4 is 31.3 Å². The molecular weight excluding hydrogens is 328 g/mol. The minimum absolute atomic E-state index is 0.0808. The molecule has 7 nitrogen and oxygen atoms in total. The van der Waals surface area contributed by atoms with Crippen LogP contribution in [0.2, 0.25) is 0 Å². The maximum absolute atomic E-state index is 12.0. The molecule has 1 aromatic heterocycles. The average Bonchev–Trinajstić information content (AvgIpc) is 3.08. The summed E-state index contributed by atoms with van der Waals surface area (Å²) in [6, 6.07) is 7.33. The molecule has 2 heterocycles. The Morgan fingerprint density at radius 2 is 2.18 bits per heavy atom. The maximum Gasteiger partial charge on any atom is 0.237 e. The highest BCUT2D eigenvalue weighted by Crippen LogP contribution is 2.27. The molecule has 0 aliphatic carbocycles. The number of amides is 1. The van der Waals surface area contributed by atoms with Gasteiger partial charge in [-0.25, -0.2) is 18.1 Å². The minimum atomic E-state index is -3.74. The first-order valence-corrected chi connectivity index (χ1v) is 8.96. The standard InChI is InChI=1S/C13H13ClN4O3S/c14-22(20,21)12-5-13(19)18(7-12)11-3-1-2-10(4-11)6-17-9-15-8-16-17/h1-4,8-9,12H,5-7H2. The molecule has 2 aromatic rings. The summed E-state index contributed by atoms with van der Waals surface area (Å²) in [7, 11) is 1.62. The third-order valence-electron chi connectivity index (χ3n) is 3.52. The summed E-state index contributed by atoms with van der Waals surface area (Å²) in [4.78, 5) is 17.4. The van der Waals surface area contributed by atoms with E-state index in [1.165, 1.54) is 11.2 Å². The smallest absolute Gasteiger partial charge is 0.237 e. The van der Waals surface area contributed by atoms with Crippen LogP contribution in [-0.4, -0.2) is 40.9 Å². The molecule has 1 amide bonds. The third kappa shape index (κ3) is 3.12. The lowest BCUT2D eigenvalue weighted by molar-refractivity contribution is -0.117. The Hall–Kier alpha value is -1.93. The molecular formula is C13H13ClN4O3S. The van der Waals surface area contributed by atoms with Crippen molar-refractivity contribution in [3.63, 3.8) is 0 Å². The first kappa shape index (κ1) is 15.0. The number of halogens is 1. The number of hydrogen-bond acceptors (Lipinski definition) is 5. The number of anilines is 1. The molecule has 0 saturated carbocycles. The molecule has 9 heteroatoms. The fourth-order valence-electron chi connectivity index (χ4n) is 2.44.